The highest BCUT2D eigenvalue weighted by Crippen LogP contribution is 2.34. The fourth-order valence-corrected chi connectivity index (χ4v) is 4.45. The van der Waals surface area contributed by atoms with E-state index >= 15 is 0 Å². The first-order valence-corrected chi connectivity index (χ1v) is 11.2. The van der Waals surface area contributed by atoms with E-state index in [1.807, 2.05) is 25.1 Å². The van der Waals surface area contributed by atoms with Crippen LogP contribution in [0.4, 0.5) is 17.1 Å². The molecule has 0 spiro atoms. The van der Waals surface area contributed by atoms with Crippen LogP contribution < -0.4 is 25.6 Å². The summed E-state index contributed by atoms with van der Waals surface area (Å²) in [5.74, 6) is 0.255. The highest BCUT2D eigenvalue weighted by molar-refractivity contribution is 6.35. The number of rotatable bonds is 7. The normalized spacial score (nSPS) is 17.5. The molecule has 1 saturated heterocycles. The molecule has 2 aromatic rings. The molecule has 0 amide bonds. The molecule has 2 heterocycles. The summed E-state index contributed by atoms with van der Waals surface area (Å²) in [6.45, 7) is 3.72. The van der Waals surface area contributed by atoms with E-state index in [2.05, 4.69) is 20.9 Å². The maximum Gasteiger partial charge on any atom is 0.312 e. The molecule has 0 aromatic heterocycles. The molecule has 0 atom stereocenters. The third-order valence-corrected chi connectivity index (χ3v) is 6.07. The van der Waals surface area contributed by atoms with Gasteiger partial charge < -0.3 is 25.6 Å². The van der Waals surface area contributed by atoms with Crippen molar-refractivity contribution in [3.63, 3.8) is 0 Å². The average Bonchev–Trinajstić information content (AvgIpc) is 3.19. The number of halogens is 2. The number of nitrogens with zero attached hydrogens (tertiary/aromatic N) is 2. The lowest BCUT2D eigenvalue weighted by Gasteiger charge is -2.34. The molecule has 2 aliphatic rings. The Balaban J connectivity index is 1.38. The molecule has 2 aliphatic heterocycles. The number of anilines is 2. The summed E-state index contributed by atoms with van der Waals surface area (Å²) in [6, 6.07) is 10.8. The summed E-state index contributed by atoms with van der Waals surface area (Å²) >= 11 is 12.2. The molecular weight excluding hydrogens is 453 g/mol. The highest BCUT2D eigenvalue weighted by Gasteiger charge is 2.28. The Bertz CT molecular complexity index is 996. The number of nitrogens with one attached hydrogen (secondary N) is 3. The van der Waals surface area contributed by atoms with Gasteiger partial charge in [-0.3, -0.25) is 10.1 Å². The van der Waals surface area contributed by atoms with E-state index in [-0.39, 0.29) is 24.1 Å². The molecule has 0 radical (unpaired) electrons. The van der Waals surface area contributed by atoms with Crippen LogP contribution in [0.1, 0.15) is 19.8 Å². The van der Waals surface area contributed by atoms with Crippen LogP contribution in [-0.4, -0.2) is 36.3 Å². The zero-order chi connectivity index (χ0) is 22.7. The van der Waals surface area contributed by atoms with Crippen molar-refractivity contribution in [3.8, 4) is 5.75 Å². The lowest BCUT2D eigenvalue weighted by Crippen LogP contribution is -2.50. The van der Waals surface area contributed by atoms with Gasteiger partial charge in [-0.2, -0.15) is 0 Å². The van der Waals surface area contributed by atoms with Crippen LogP contribution >= 0.6 is 23.2 Å². The van der Waals surface area contributed by atoms with Gasteiger partial charge in [-0.1, -0.05) is 23.2 Å². The van der Waals surface area contributed by atoms with Crippen LogP contribution in [0.3, 0.4) is 0 Å². The van der Waals surface area contributed by atoms with E-state index in [1.165, 1.54) is 0 Å². The largest absolute Gasteiger partial charge is 0.482 e. The smallest absolute Gasteiger partial charge is 0.312 e. The summed E-state index contributed by atoms with van der Waals surface area (Å²) in [4.78, 5) is 13.4. The number of hydrogen-bond acceptors (Lipinski definition) is 7. The SMILES string of the molecule is CC1(COc2ccc(N3CCC(Nc4cc(Cl)cc(Cl)c4)CC3)cc2[N+](=O)[O-])NC=CN1. The van der Waals surface area contributed by atoms with Crippen molar-refractivity contribution in [3.05, 3.63) is 69.0 Å². The van der Waals surface area contributed by atoms with Crippen molar-refractivity contribution in [2.45, 2.75) is 31.5 Å². The first kappa shape index (κ1) is 22.4. The summed E-state index contributed by atoms with van der Waals surface area (Å²) in [6.07, 6.45) is 5.33. The van der Waals surface area contributed by atoms with Gasteiger partial charge in [0.15, 0.2) is 5.75 Å². The maximum atomic E-state index is 11.7. The molecule has 0 unspecified atom stereocenters. The number of nitro groups is 1. The summed E-state index contributed by atoms with van der Waals surface area (Å²) in [7, 11) is 0. The number of nitro benzene ring substituents is 1. The Kier molecular flexibility index (Phi) is 6.53. The lowest BCUT2D eigenvalue weighted by molar-refractivity contribution is -0.385. The molecule has 8 nitrogen and oxygen atoms in total. The van der Waals surface area contributed by atoms with Gasteiger partial charge >= 0.3 is 5.69 Å². The Labute approximate surface area is 196 Å². The van der Waals surface area contributed by atoms with Crippen LogP contribution in [0, 0.1) is 10.1 Å². The molecule has 0 saturated carbocycles. The minimum Gasteiger partial charge on any atom is -0.482 e. The molecule has 0 aliphatic carbocycles. The van der Waals surface area contributed by atoms with Gasteiger partial charge in [0.2, 0.25) is 0 Å². The number of piperidine rings is 1. The van der Waals surface area contributed by atoms with Gasteiger partial charge in [-0.05, 0) is 50.1 Å². The van der Waals surface area contributed by atoms with Gasteiger partial charge in [-0.25, -0.2) is 0 Å². The lowest BCUT2D eigenvalue weighted by atomic mass is 10.0. The Morgan fingerprint density at radius 1 is 1.16 bits per heavy atom. The number of ether oxygens (including phenoxy) is 1. The van der Waals surface area contributed by atoms with Gasteiger partial charge in [0, 0.05) is 59.0 Å². The van der Waals surface area contributed by atoms with Crippen LogP contribution in [0.15, 0.2) is 48.8 Å². The topological polar surface area (TPSA) is 91.7 Å². The maximum absolute atomic E-state index is 11.7. The Hall–Kier alpha value is -2.84. The van der Waals surface area contributed by atoms with Crippen LogP contribution in [-0.2, 0) is 0 Å². The van der Waals surface area contributed by atoms with Crippen molar-refractivity contribution >= 4 is 40.3 Å². The molecule has 1 fully saturated rings. The fourth-order valence-electron chi connectivity index (χ4n) is 3.92. The minimum atomic E-state index is -0.491. The number of benzene rings is 2. The van der Waals surface area contributed by atoms with Crippen molar-refractivity contribution in [1.29, 1.82) is 0 Å². The average molecular weight is 478 g/mol. The summed E-state index contributed by atoms with van der Waals surface area (Å²) < 4.78 is 5.77. The molecule has 2 aromatic carbocycles. The van der Waals surface area contributed by atoms with Gasteiger partial charge in [0.05, 0.1) is 4.92 Å². The third kappa shape index (κ3) is 5.31. The predicted molar refractivity (Wildman–Crippen MR) is 128 cm³/mol. The van der Waals surface area contributed by atoms with Gasteiger partial charge in [0.25, 0.3) is 0 Å². The van der Waals surface area contributed by atoms with Gasteiger partial charge in [0.1, 0.15) is 12.3 Å². The Morgan fingerprint density at radius 3 is 2.44 bits per heavy atom. The van der Waals surface area contributed by atoms with Crippen LogP contribution in [0.5, 0.6) is 5.75 Å². The van der Waals surface area contributed by atoms with Crippen molar-refractivity contribution < 1.29 is 9.66 Å². The zero-order valence-electron chi connectivity index (χ0n) is 17.6. The molecular formula is C22H25Cl2N5O3. The zero-order valence-corrected chi connectivity index (χ0v) is 19.1. The monoisotopic (exact) mass is 477 g/mol. The molecule has 4 rings (SSSR count). The molecule has 10 heteroatoms. The van der Waals surface area contributed by atoms with Crippen LogP contribution in [0.25, 0.3) is 0 Å². The van der Waals surface area contributed by atoms with E-state index in [0.717, 1.165) is 37.3 Å². The molecule has 32 heavy (non-hydrogen) atoms. The van der Waals surface area contributed by atoms with E-state index in [0.29, 0.717) is 10.0 Å². The third-order valence-electron chi connectivity index (χ3n) is 5.64. The molecule has 0 bridgehead atoms. The van der Waals surface area contributed by atoms with Crippen LogP contribution in [0.2, 0.25) is 10.0 Å². The second-order valence-electron chi connectivity index (χ2n) is 8.22. The van der Waals surface area contributed by atoms with E-state index in [9.17, 15) is 10.1 Å². The second-order valence-corrected chi connectivity index (χ2v) is 9.09. The Morgan fingerprint density at radius 2 is 1.81 bits per heavy atom. The van der Waals surface area contributed by atoms with E-state index in [4.69, 9.17) is 27.9 Å². The first-order chi connectivity index (χ1) is 15.3. The summed E-state index contributed by atoms with van der Waals surface area (Å²) in [5.41, 5.74) is 1.19. The van der Waals surface area contributed by atoms with E-state index in [1.54, 1.807) is 30.6 Å². The first-order valence-electron chi connectivity index (χ1n) is 10.4. The highest BCUT2D eigenvalue weighted by atomic mass is 35.5. The number of hydrogen-bond donors (Lipinski definition) is 3. The summed E-state index contributed by atoms with van der Waals surface area (Å²) in [5, 5.41) is 22.6. The van der Waals surface area contributed by atoms with Crippen molar-refractivity contribution in [2.75, 3.05) is 29.9 Å². The fraction of sp³-hybridized carbons (Fsp3) is 0.364. The van der Waals surface area contributed by atoms with Crippen molar-refractivity contribution in [2.24, 2.45) is 0 Å². The quantitative estimate of drug-likeness (QED) is 0.391. The predicted octanol–water partition coefficient (Wildman–Crippen LogP) is 4.74. The van der Waals surface area contributed by atoms with Gasteiger partial charge in [-0.15, -0.1) is 0 Å². The second kappa shape index (κ2) is 9.34. The minimum absolute atomic E-state index is 0.0362. The van der Waals surface area contributed by atoms with E-state index < -0.39 is 10.6 Å². The molecule has 3 N–H and O–H groups in total. The standard InChI is InChI=1S/C22H25Cl2N5O3/c1-22(25-6-7-26-22)14-32-21-3-2-19(13-20(21)29(30)31)28-8-4-17(5-9-28)27-18-11-15(23)10-16(24)12-18/h2-3,6-7,10-13,17,25-27H,4-5,8-9,14H2,1H3. The van der Waals surface area contributed by atoms with Crippen molar-refractivity contribution in [1.82, 2.24) is 10.6 Å². The molecule has 170 valence electrons.